The molecule has 0 bridgehead atoms. The average molecular weight is 276 g/mol. The van der Waals surface area contributed by atoms with E-state index in [0.29, 0.717) is 6.04 Å². The SMILES string of the molecule is CCCC[C@@H](c1ccccc1OCC)N1CCNCC1. The maximum Gasteiger partial charge on any atom is 0.124 e. The van der Waals surface area contributed by atoms with Gasteiger partial charge in [-0.05, 0) is 19.4 Å². The van der Waals surface area contributed by atoms with Crippen molar-refractivity contribution in [3.63, 3.8) is 0 Å². The van der Waals surface area contributed by atoms with Gasteiger partial charge in [0, 0.05) is 37.8 Å². The summed E-state index contributed by atoms with van der Waals surface area (Å²) in [7, 11) is 0. The quantitative estimate of drug-likeness (QED) is 0.827. The monoisotopic (exact) mass is 276 g/mol. The number of unbranched alkanes of at least 4 members (excludes halogenated alkanes) is 1. The highest BCUT2D eigenvalue weighted by atomic mass is 16.5. The molecular formula is C17H28N2O. The van der Waals surface area contributed by atoms with Crippen LogP contribution in [0.15, 0.2) is 24.3 Å². The largest absolute Gasteiger partial charge is 0.494 e. The summed E-state index contributed by atoms with van der Waals surface area (Å²) in [4.78, 5) is 2.62. The van der Waals surface area contributed by atoms with Gasteiger partial charge < -0.3 is 10.1 Å². The Bertz CT molecular complexity index is 388. The molecule has 3 heteroatoms. The van der Waals surface area contributed by atoms with Crippen molar-refractivity contribution in [3.8, 4) is 5.75 Å². The molecule has 0 saturated carbocycles. The van der Waals surface area contributed by atoms with Gasteiger partial charge >= 0.3 is 0 Å². The second kappa shape index (κ2) is 8.28. The molecule has 1 N–H and O–H groups in total. The van der Waals surface area contributed by atoms with Crippen LogP contribution in [0.4, 0.5) is 0 Å². The van der Waals surface area contributed by atoms with Crippen LogP contribution in [0.2, 0.25) is 0 Å². The average Bonchev–Trinajstić information content (AvgIpc) is 2.50. The zero-order valence-electron chi connectivity index (χ0n) is 12.9. The molecule has 1 aromatic carbocycles. The molecule has 1 aromatic rings. The third-order valence-electron chi connectivity index (χ3n) is 4.00. The molecule has 0 amide bonds. The minimum absolute atomic E-state index is 0.500. The van der Waals surface area contributed by atoms with Crippen molar-refractivity contribution < 1.29 is 4.74 Å². The van der Waals surface area contributed by atoms with E-state index in [0.717, 1.165) is 38.5 Å². The van der Waals surface area contributed by atoms with Crippen LogP contribution in [0.1, 0.15) is 44.7 Å². The lowest BCUT2D eigenvalue weighted by atomic mass is 9.98. The Labute approximate surface area is 123 Å². The molecule has 20 heavy (non-hydrogen) atoms. The van der Waals surface area contributed by atoms with Gasteiger partial charge in [0.15, 0.2) is 0 Å². The normalized spacial score (nSPS) is 17.9. The molecule has 1 atom stereocenters. The zero-order chi connectivity index (χ0) is 14.2. The Morgan fingerprint density at radius 3 is 2.65 bits per heavy atom. The van der Waals surface area contributed by atoms with Gasteiger partial charge in [-0.2, -0.15) is 0 Å². The van der Waals surface area contributed by atoms with Crippen LogP contribution in [-0.4, -0.2) is 37.7 Å². The fraction of sp³-hybridized carbons (Fsp3) is 0.647. The summed E-state index contributed by atoms with van der Waals surface area (Å²) < 4.78 is 5.85. The highest BCUT2D eigenvalue weighted by Gasteiger charge is 2.24. The molecule has 1 saturated heterocycles. The van der Waals surface area contributed by atoms with E-state index in [9.17, 15) is 0 Å². The summed E-state index contributed by atoms with van der Waals surface area (Å²) in [6.45, 7) is 9.52. The maximum atomic E-state index is 5.85. The lowest BCUT2D eigenvalue weighted by Gasteiger charge is -2.36. The Balaban J connectivity index is 2.20. The zero-order valence-corrected chi connectivity index (χ0v) is 12.9. The number of hydrogen-bond acceptors (Lipinski definition) is 3. The molecule has 1 aliphatic heterocycles. The molecule has 3 nitrogen and oxygen atoms in total. The molecule has 1 heterocycles. The van der Waals surface area contributed by atoms with Crippen molar-refractivity contribution in [1.29, 1.82) is 0 Å². The fourth-order valence-electron chi connectivity index (χ4n) is 2.97. The van der Waals surface area contributed by atoms with E-state index < -0.39 is 0 Å². The van der Waals surface area contributed by atoms with Crippen LogP contribution in [0.5, 0.6) is 5.75 Å². The predicted octanol–water partition coefficient (Wildman–Crippen LogP) is 3.22. The van der Waals surface area contributed by atoms with Gasteiger partial charge in [0.1, 0.15) is 5.75 Å². The van der Waals surface area contributed by atoms with Gasteiger partial charge in [-0.25, -0.2) is 0 Å². The summed E-state index contributed by atoms with van der Waals surface area (Å²) in [5, 5.41) is 3.44. The summed E-state index contributed by atoms with van der Waals surface area (Å²) >= 11 is 0. The molecule has 0 unspecified atom stereocenters. The van der Waals surface area contributed by atoms with E-state index in [1.807, 2.05) is 0 Å². The molecule has 1 aliphatic rings. The number of benzene rings is 1. The van der Waals surface area contributed by atoms with Gasteiger partial charge in [-0.1, -0.05) is 38.0 Å². The van der Waals surface area contributed by atoms with Gasteiger partial charge in [0.25, 0.3) is 0 Å². The topological polar surface area (TPSA) is 24.5 Å². The first-order valence-corrected chi connectivity index (χ1v) is 8.03. The number of para-hydroxylation sites is 1. The molecule has 0 aliphatic carbocycles. The molecule has 2 rings (SSSR count). The first-order chi connectivity index (χ1) is 9.86. The van der Waals surface area contributed by atoms with Crippen molar-refractivity contribution in [2.75, 3.05) is 32.8 Å². The minimum Gasteiger partial charge on any atom is -0.494 e. The molecule has 0 aromatic heterocycles. The van der Waals surface area contributed by atoms with Crippen LogP contribution >= 0.6 is 0 Å². The lowest BCUT2D eigenvalue weighted by Crippen LogP contribution is -2.45. The van der Waals surface area contributed by atoms with Crippen LogP contribution in [-0.2, 0) is 0 Å². The Hall–Kier alpha value is -1.06. The lowest BCUT2D eigenvalue weighted by molar-refractivity contribution is 0.159. The smallest absolute Gasteiger partial charge is 0.124 e. The van der Waals surface area contributed by atoms with Crippen molar-refractivity contribution >= 4 is 0 Å². The molecule has 1 fully saturated rings. The number of nitrogens with zero attached hydrogens (tertiary/aromatic N) is 1. The molecule has 112 valence electrons. The predicted molar refractivity (Wildman–Crippen MR) is 84.3 cm³/mol. The number of hydrogen-bond donors (Lipinski definition) is 1. The van der Waals surface area contributed by atoms with Gasteiger partial charge in [-0.15, -0.1) is 0 Å². The van der Waals surface area contributed by atoms with Gasteiger partial charge in [-0.3, -0.25) is 4.90 Å². The van der Waals surface area contributed by atoms with Crippen LogP contribution in [0, 0.1) is 0 Å². The van der Waals surface area contributed by atoms with E-state index in [-0.39, 0.29) is 0 Å². The van der Waals surface area contributed by atoms with E-state index in [2.05, 4.69) is 48.3 Å². The number of ether oxygens (including phenoxy) is 1. The second-order valence-corrected chi connectivity index (χ2v) is 5.41. The number of rotatable bonds is 7. The van der Waals surface area contributed by atoms with Gasteiger partial charge in [0.2, 0.25) is 0 Å². The number of piperazine rings is 1. The van der Waals surface area contributed by atoms with Crippen molar-refractivity contribution in [2.24, 2.45) is 0 Å². The van der Waals surface area contributed by atoms with Crippen molar-refractivity contribution in [2.45, 2.75) is 39.2 Å². The molecule has 0 radical (unpaired) electrons. The third kappa shape index (κ3) is 3.97. The van der Waals surface area contributed by atoms with Crippen LogP contribution in [0.3, 0.4) is 0 Å². The van der Waals surface area contributed by atoms with E-state index >= 15 is 0 Å². The van der Waals surface area contributed by atoms with E-state index in [1.165, 1.54) is 24.8 Å². The van der Waals surface area contributed by atoms with E-state index in [4.69, 9.17) is 4.74 Å². The second-order valence-electron chi connectivity index (χ2n) is 5.41. The third-order valence-corrected chi connectivity index (χ3v) is 4.00. The first-order valence-electron chi connectivity index (χ1n) is 8.03. The highest BCUT2D eigenvalue weighted by molar-refractivity contribution is 5.36. The molecular weight excluding hydrogens is 248 g/mol. The van der Waals surface area contributed by atoms with Crippen molar-refractivity contribution in [1.82, 2.24) is 10.2 Å². The summed E-state index contributed by atoms with van der Waals surface area (Å²) in [6.07, 6.45) is 3.75. The minimum atomic E-state index is 0.500. The number of nitrogens with one attached hydrogen (secondary N) is 1. The van der Waals surface area contributed by atoms with Crippen molar-refractivity contribution in [3.05, 3.63) is 29.8 Å². The fourth-order valence-corrected chi connectivity index (χ4v) is 2.97. The Morgan fingerprint density at radius 2 is 1.95 bits per heavy atom. The summed E-state index contributed by atoms with van der Waals surface area (Å²) in [5.74, 6) is 1.06. The highest BCUT2D eigenvalue weighted by Crippen LogP contribution is 2.33. The Morgan fingerprint density at radius 1 is 1.20 bits per heavy atom. The summed E-state index contributed by atoms with van der Waals surface area (Å²) in [5.41, 5.74) is 1.37. The van der Waals surface area contributed by atoms with Crippen LogP contribution in [0.25, 0.3) is 0 Å². The standard InChI is InChI=1S/C17H28N2O/c1-3-5-9-16(19-13-11-18-12-14-19)15-8-6-7-10-17(15)20-4-2/h6-8,10,16,18H,3-5,9,11-14H2,1-2H3/t16-/m0/s1. The maximum absolute atomic E-state index is 5.85. The Kier molecular flexibility index (Phi) is 6.34. The first kappa shape index (κ1) is 15.3. The van der Waals surface area contributed by atoms with Gasteiger partial charge in [0.05, 0.1) is 6.61 Å². The molecule has 0 spiro atoms. The van der Waals surface area contributed by atoms with E-state index in [1.54, 1.807) is 0 Å². The summed E-state index contributed by atoms with van der Waals surface area (Å²) in [6, 6.07) is 9.06. The van der Waals surface area contributed by atoms with Crippen LogP contribution < -0.4 is 10.1 Å².